The normalized spacial score (nSPS) is 12.1. The van der Waals surface area contributed by atoms with Gasteiger partial charge in [-0.2, -0.15) is 0 Å². The molecule has 1 atom stereocenters. The van der Waals surface area contributed by atoms with Crippen LogP contribution in [0.3, 0.4) is 0 Å². The van der Waals surface area contributed by atoms with Gasteiger partial charge in [0.25, 0.3) is 15.9 Å². The Labute approximate surface area is 201 Å². The third kappa shape index (κ3) is 5.51. The fraction of sp³-hybridized carbons (Fsp3) is 0.269. The average molecular weight is 483 g/mol. The van der Waals surface area contributed by atoms with Gasteiger partial charge in [-0.25, -0.2) is 8.42 Å². The van der Waals surface area contributed by atoms with Crippen molar-refractivity contribution in [3.63, 3.8) is 0 Å². The van der Waals surface area contributed by atoms with E-state index in [1.54, 1.807) is 51.5 Å². The Hall–Kier alpha value is -3.52. The van der Waals surface area contributed by atoms with Crippen LogP contribution < -0.4 is 19.5 Å². The molecule has 0 saturated carbocycles. The number of aryl methyl sites for hydroxylation is 3. The molecule has 34 heavy (non-hydrogen) atoms. The fourth-order valence-corrected chi connectivity index (χ4v) is 5.05. The third-order valence-corrected chi connectivity index (χ3v) is 7.13. The highest BCUT2D eigenvalue weighted by Gasteiger charge is 2.21. The number of carbonyl (C=O) groups is 1. The van der Waals surface area contributed by atoms with E-state index in [-0.39, 0.29) is 22.4 Å². The van der Waals surface area contributed by atoms with Crippen LogP contribution in [-0.4, -0.2) is 28.5 Å². The van der Waals surface area contributed by atoms with Crippen molar-refractivity contribution >= 4 is 21.6 Å². The van der Waals surface area contributed by atoms with E-state index < -0.39 is 10.0 Å². The van der Waals surface area contributed by atoms with E-state index in [0.717, 1.165) is 16.7 Å². The minimum absolute atomic E-state index is 0.0545. The SMILES string of the molecule is COc1ccc([C@@H](C)NC(=O)c2ccc(C)c(S(=O)(=O)Nc3ccc(C)cc3C)c2)cc1OC. The number of carbonyl (C=O) groups excluding carboxylic acids is 1. The molecule has 0 aliphatic rings. The number of methoxy groups -OCH3 is 2. The molecule has 1 amide bonds. The van der Waals surface area contributed by atoms with Gasteiger partial charge in [-0.1, -0.05) is 29.8 Å². The smallest absolute Gasteiger partial charge is 0.262 e. The number of hydrogen-bond acceptors (Lipinski definition) is 5. The molecule has 3 rings (SSSR count). The zero-order chi connectivity index (χ0) is 25.0. The molecule has 0 aliphatic carbocycles. The van der Waals surface area contributed by atoms with E-state index in [4.69, 9.17) is 9.47 Å². The second-order valence-corrected chi connectivity index (χ2v) is 9.86. The molecule has 3 aromatic carbocycles. The van der Waals surface area contributed by atoms with Crippen molar-refractivity contribution in [2.24, 2.45) is 0 Å². The van der Waals surface area contributed by atoms with Crippen LogP contribution in [0.1, 0.15) is 45.6 Å². The monoisotopic (exact) mass is 482 g/mol. The minimum atomic E-state index is -3.89. The number of amides is 1. The van der Waals surface area contributed by atoms with Gasteiger partial charge in [0.1, 0.15) is 0 Å². The van der Waals surface area contributed by atoms with Crippen LogP contribution in [-0.2, 0) is 10.0 Å². The van der Waals surface area contributed by atoms with Crippen molar-refractivity contribution in [2.45, 2.75) is 38.6 Å². The Kier molecular flexibility index (Phi) is 7.51. The second kappa shape index (κ2) is 10.2. The number of anilines is 1. The Morgan fingerprint density at radius 2 is 1.56 bits per heavy atom. The molecule has 0 radical (unpaired) electrons. The molecule has 2 N–H and O–H groups in total. The van der Waals surface area contributed by atoms with Crippen LogP contribution >= 0.6 is 0 Å². The van der Waals surface area contributed by atoms with Gasteiger partial charge in [0.15, 0.2) is 11.5 Å². The van der Waals surface area contributed by atoms with Crippen molar-refractivity contribution in [2.75, 3.05) is 18.9 Å². The van der Waals surface area contributed by atoms with Gasteiger partial charge in [-0.3, -0.25) is 9.52 Å². The Bertz CT molecular complexity index is 1320. The van der Waals surface area contributed by atoms with Gasteiger partial charge in [0.05, 0.1) is 30.8 Å². The van der Waals surface area contributed by atoms with Crippen LogP contribution in [0.4, 0.5) is 5.69 Å². The lowest BCUT2D eigenvalue weighted by Gasteiger charge is -2.17. The van der Waals surface area contributed by atoms with Gasteiger partial charge in [-0.15, -0.1) is 0 Å². The van der Waals surface area contributed by atoms with Gasteiger partial charge < -0.3 is 14.8 Å². The van der Waals surface area contributed by atoms with Crippen molar-refractivity contribution in [1.29, 1.82) is 0 Å². The molecule has 180 valence electrons. The molecule has 0 heterocycles. The lowest BCUT2D eigenvalue weighted by molar-refractivity contribution is 0.0939. The standard InChI is InChI=1S/C26H30N2O5S/c1-16-7-11-22(18(3)13-16)28-34(30,31)25-15-21(9-8-17(25)2)26(29)27-19(4)20-10-12-23(32-5)24(14-20)33-6/h7-15,19,28H,1-6H3,(H,27,29)/t19-/m1/s1. The Balaban J connectivity index is 1.84. The largest absolute Gasteiger partial charge is 0.493 e. The molecule has 0 unspecified atom stereocenters. The average Bonchev–Trinajstić information content (AvgIpc) is 2.80. The molecular formula is C26H30N2O5S. The van der Waals surface area contributed by atoms with Gasteiger partial charge in [0, 0.05) is 5.56 Å². The van der Waals surface area contributed by atoms with E-state index >= 15 is 0 Å². The van der Waals surface area contributed by atoms with Crippen molar-refractivity contribution in [3.8, 4) is 11.5 Å². The Morgan fingerprint density at radius 1 is 0.853 bits per heavy atom. The summed E-state index contributed by atoms with van der Waals surface area (Å²) in [5.41, 5.74) is 3.97. The first kappa shape index (κ1) is 25.1. The summed E-state index contributed by atoms with van der Waals surface area (Å²) in [5, 5.41) is 2.91. The summed E-state index contributed by atoms with van der Waals surface area (Å²) >= 11 is 0. The topological polar surface area (TPSA) is 93.7 Å². The van der Waals surface area contributed by atoms with Crippen molar-refractivity contribution < 1.29 is 22.7 Å². The second-order valence-electron chi connectivity index (χ2n) is 8.21. The number of ether oxygens (including phenoxy) is 2. The molecule has 0 aliphatic heterocycles. The van der Waals surface area contributed by atoms with Crippen LogP contribution in [0.25, 0.3) is 0 Å². The van der Waals surface area contributed by atoms with Gasteiger partial charge >= 0.3 is 0 Å². The molecule has 0 bridgehead atoms. The zero-order valence-electron chi connectivity index (χ0n) is 20.2. The lowest BCUT2D eigenvalue weighted by atomic mass is 10.1. The van der Waals surface area contributed by atoms with Crippen LogP contribution in [0.5, 0.6) is 11.5 Å². The summed E-state index contributed by atoms with van der Waals surface area (Å²) < 4.78 is 39.5. The number of rotatable bonds is 8. The van der Waals surface area contributed by atoms with E-state index in [1.807, 2.05) is 39.0 Å². The molecule has 0 fully saturated rings. The van der Waals surface area contributed by atoms with Gasteiger partial charge in [0.2, 0.25) is 0 Å². The quantitative estimate of drug-likeness (QED) is 0.475. The summed E-state index contributed by atoms with van der Waals surface area (Å²) in [6, 6.07) is 15.2. The molecular weight excluding hydrogens is 452 g/mol. The molecule has 7 nitrogen and oxygen atoms in total. The summed E-state index contributed by atoms with van der Waals surface area (Å²) in [6.07, 6.45) is 0. The highest BCUT2D eigenvalue weighted by atomic mass is 32.2. The maximum absolute atomic E-state index is 13.1. The maximum atomic E-state index is 13.1. The first-order valence-corrected chi connectivity index (χ1v) is 12.3. The van der Waals surface area contributed by atoms with E-state index in [0.29, 0.717) is 22.7 Å². The number of sulfonamides is 1. The summed E-state index contributed by atoms with van der Waals surface area (Å²) in [7, 11) is -0.790. The minimum Gasteiger partial charge on any atom is -0.493 e. The zero-order valence-corrected chi connectivity index (χ0v) is 21.0. The maximum Gasteiger partial charge on any atom is 0.262 e. The number of nitrogens with one attached hydrogen (secondary N) is 2. The number of benzene rings is 3. The van der Waals surface area contributed by atoms with Crippen LogP contribution in [0, 0.1) is 20.8 Å². The summed E-state index contributed by atoms with van der Waals surface area (Å²) in [5.74, 6) is 0.766. The van der Waals surface area contributed by atoms with E-state index in [1.165, 1.54) is 6.07 Å². The highest BCUT2D eigenvalue weighted by molar-refractivity contribution is 7.92. The summed E-state index contributed by atoms with van der Waals surface area (Å²) in [6.45, 7) is 7.33. The molecule has 8 heteroatoms. The van der Waals surface area contributed by atoms with Crippen molar-refractivity contribution in [1.82, 2.24) is 5.32 Å². The number of hydrogen-bond donors (Lipinski definition) is 2. The van der Waals surface area contributed by atoms with Crippen LogP contribution in [0.2, 0.25) is 0 Å². The lowest BCUT2D eigenvalue weighted by Crippen LogP contribution is -2.27. The predicted octanol–water partition coefficient (Wildman–Crippen LogP) is 4.92. The third-order valence-electron chi connectivity index (χ3n) is 5.62. The first-order chi connectivity index (χ1) is 16.1. The highest BCUT2D eigenvalue weighted by Crippen LogP contribution is 2.30. The molecule has 0 saturated heterocycles. The Morgan fingerprint density at radius 3 is 2.21 bits per heavy atom. The predicted molar refractivity (Wildman–Crippen MR) is 133 cm³/mol. The fourth-order valence-electron chi connectivity index (χ4n) is 3.64. The van der Waals surface area contributed by atoms with E-state index in [9.17, 15) is 13.2 Å². The van der Waals surface area contributed by atoms with E-state index in [2.05, 4.69) is 10.0 Å². The van der Waals surface area contributed by atoms with Gasteiger partial charge in [-0.05, 0) is 74.7 Å². The van der Waals surface area contributed by atoms with Crippen LogP contribution in [0.15, 0.2) is 59.5 Å². The summed E-state index contributed by atoms with van der Waals surface area (Å²) in [4.78, 5) is 13.0. The first-order valence-electron chi connectivity index (χ1n) is 10.8. The molecule has 0 aromatic heterocycles. The van der Waals surface area contributed by atoms with Crippen molar-refractivity contribution in [3.05, 3.63) is 82.4 Å². The molecule has 3 aromatic rings. The molecule has 0 spiro atoms.